The van der Waals surface area contributed by atoms with Crippen molar-refractivity contribution in [3.05, 3.63) is 29.6 Å². The molecule has 1 saturated heterocycles. The molecule has 0 radical (unpaired) electrons. The van der Waals surface area contributed by atoms with Gasteiger partial charge < -0.3 is 4.90 Å². The first-order valence-electron chi connectivity index (χ1n) is 6.63. The number of benzene rings is 1. The van der Waals surface area contributed by atoms with E-state index in [1.807, 2.05) is 6.07 Å². The van der Waals surface area contributed by atoms with Crippen molar-refractivity contribution in [2.24, 2.45) is 11.8 Å². The Bertz CT molecular complexity index is 421. The predicted octanol–water partition coefficient (Wildman–Crippen LogP) is 4.44. The van der Waals surface area contributed by atoms with Crippen LogP contribution in [0.4, 0.5) is 10.1 Å². The Balaban J connectivity index is 2.31. The molecule has 0 N–H and O–H groups in total. The first kappa shape index (κ1) is 13.7. The number of halogens is 2. The molecule has 1 aliphatic heterocycles. The van der Waals surface area contributed by atoms with E-state index in [2.05, 4.69) is 25.7 Å². The molecular weight excluding hydrogens is 249 g/mol. The molecule has 3 heteroatoms. The molecule has 1 aromatic rings. The summed E-state index contributed by atoms with van der Waals surface area (Å²) >= 11 is 5.82. The summed E-state index contributed by atoms with van der Waals surface area (Å²) < 4.78 is 13.6. The molecule has 3 atom stereocenters. The van der Waals surface area contributed by atoms with Gasteiger partial charge in [0.25, 0.3) is 0 Å². The van der Waals surface area contributed by atoms with Gasteiger partial charge in [-0.05, 0) is 48.9 Å². The van der Waals surface area contributed by atoms with Crippen LogP contribution in [0.5, 0.6) is 0 Å². The van der Waals surface area contributed by atoms with Crippen LogP contribution in [0, 0.1) is 17.7 Å². The summed E-state index contributed by atoms with van der Waals surface area (Å²) in [6, 6.07) is 5.60. The summed E-state index contributed by atoms with van der Waals surface area (Å²) in [6.45, 7) is 7.75. The van der Waals surface area contributed by atoms with Crippen molar-refractivity contribution < 1.29 is 4.39 Å². The van der Waals surface area contributed by atoms with Crippen LogP contribution in [-0.2, 0) is 5.88 Å². The van der Waals surface area contributed by atoms with Crippen molar-refractivity contribution in [2.75, 3.05) is 11.4 Å². The summed E-state index contributed by atoms with van der Waals surface area (Å²) in [4.78, 5) is 2.32. The minimum atomic E-state index is -0.193. The average molecular weight is 270 g/mol. The normalized spacial score (nSPS) is 28.5. The van der Waals surface area contributed by atoms with E-state index in [0.29, 0.717) is 23.8 Å². The zero-order valence-electron chi connectivity index (χ0n) is 11.3. The first-order chi connectivity index (χ1) is 8.51. The smallest absolute Gasteiger partial charge is 0.125 e. The van der Waals surface area contributed by atoms with Gasteiger partial charge in [-0.25, -0.2) is 4.39 Å². The van der Waals surface area contributed by atoms with Gasteiger partial charge in [-0.15, -0.1) is 11.6 Å². The Labute approximate surface area is 114 Å². The maximum atomic E-state index is 13.6. The molecule has 0 amide bonds. The third-order valence-electron chi connectivity index (χ3n) is 4.03. The van der Waals surface area contributed by atoms with E-state index in [-0.39, 0.29) is 5.82 Å². The number of rotatable bonds is 2. The molecule has 3 unspecified atom stereocenters. The number of hydrogen-bond donors (Lipinski definition) is 0. The van der Waals surface area contributed by atoms with E-state index >= 15 is 0 Å². The molecule has 1 aromatic carbocycles. The lowest BCUT2D eigenvalue weighted by Gasteiger charge is -2.42. The molecule has 2 rings (SSSR count). The summed E-state index contributed by atoms with van der Waals surface area (Å²) in [5.74, 6) is 1.45. The fraction of sp³-hybridized carbons (Fsp3) is 0.600. The Morgan fingerprint density at radius 1 is 1.28 bits per heavy atom. The molecule has 0 aliphatic carbocycles. The van der Waals surface area contributed by atoms with E-state index in [1.54, 1.807) is 6.07 Å². The van der Waals surface area contributed by atoms with Crippen LogP contribution in [0.3, 0.4) is 0 Å². The zero-order valence-corrected chi connectivity index (χ0v) is 12.0. The molecule has 1 heterocycles. The maximum absolute atomic E-state index is 13.6. The Morgan fingerprint density at radius 3 is 2.67 bits per heavy atom. The molecule has 18 heavy (non-hydrogen) atoms. The number of nitrogens with zero attached hydrogens (tertiary/aromatic N) is 1. The van der Waals surface area contributed by atoms with Gasteiger partial charge in [0.2, 0.25) is 0 Å². The Kier molecular flexibility index (Phi) is 4.16. The van der Waals surface area contributed by atoms with Gasteiger partial charge in [-0.2, -0.15) is 0 Å². The molecule has 0 aromatic heterocycles. The van der Waals surface area contributed by atoms with Crippen LogP contribution < -0.4 is 4.90 Å². The van der Waals surface area contributed by atoms with Crippen molar-refractivity contribution in [1.29, 1.82) is 0 Å². The first-order valence-corrected chi connectivity index (χ1v) is 7.16. The highest BCUT2D eigenvalue weighted by atomic mass is 35.5. The summed E-state index contributed by atoms with van der Waals surface area (Å²) in [5, 5.41) is 0. The molecule has 1 fully saturated rings. The van der Waals surface area contributed by atoms with E-state index in [0.717, 1.165) is 17.8 Å². The molecule has 0 bridgehead atoms. The third kappa shape index (κ3) is 2.80. The molecule has 1 aliphatic rings. The third-order valence-corrected chi connectivity index (χ3v) is 4.33. The van der Waals surface area contributed by atoms with Crippen molar-refractivity contribution >= 4 is 17.3 Å². The lowest BCUT2D eigenvalue weighted by molar-refractivity contribution is 0.297. The highest BCUT2D eigenvalue weighted by Gasteiger charge is 2.29. The summed E-state index contributed by atoms with van der Waals surface area (Å²) in [7, 11) is 0. The molecule has 100 valence electrons. The highest BCUT2D eigenvalue weighted by molar-refractivity contribution is 6.17. The van der Waals surface area contributed by atoms with Gasteiger partial charge in [0.1, 0.15) is 5.82 Å². The highest BCUT2D eigenvalue weighted by Crippen LogP contribution is 2.32. The van der Waals surface area contributed by atoms with Crippen LogP contribution in [0.25, 0.3) is 0 Å². The fourth-order valence-corrected chi connectivity index (χ4v) is 3.09. The SMILES string of the molecule is CC1CC(C)C(C)N(c2cc(F)cc(CCl)c2)C1. The van der Waals surface area contributed by atoms with Crippen LogP contribution in [0.15, 0.2) is 18.2 Å². The van der Waals surface area contributed by atoms with Crippen molar-refractivity contribution in [3.8, 4) is 0 Å². The molecular formula is C15H21ClFN. The number of hydrogen-bond acceptors (Lipinski definition) is 1. The van der Waals surface area contributed by atoms with Gasteiger partial charge in [-0.3, -0.25) is 0 Å². The average Bonchev–Trinajstić information content (AvgIpc) is 2.32. The topological polar surface area (TPSA) is 3.24 Å². The quantitative estimate of drug-likeness (QED) is 0.718. The predicted molar refractivity (Wildman–Crippen MR) is 75.7 cm³/mol. The molecule has 1 nitrogen and oxygen atoms in total. The minimum Gasteiger partial charge on any atom is -0.368 e. The lowest BCUT2D eigenvalue weighted by atomic mass is 9.85. The standard InChI is InChI=1S/C15H21ClFN/c1-10-4-11(2)12(3)18(9-10)15-6-13(8-16)5-14(17)7-15/h5-7,10-12H,4,8-9H2,1-3H3. The Morgan fingerprint density at radius 2 is 2.00 bits per heavy atom. The number of anilines is 1. The van der Waals surface area contributed by atoms with Crippen molar-refractivity contribution in [1.82, 2.24) is 0 Å². The monoisotopic (exact) mass is 269 g/mol. The second-order valence-electron chi connectivity index (χ2n) is 5.66. The lowest BCUT2D eigenvalue weighted by Crippen LogP contribution is -2.45. The van der Waals surface area contributed by atoms with Crippen LogP contribution in [0.1, 0.15) is 32.8 Å². The van der Waals surface area contributed by atoms with Crippen molar-refractivity contribution in [3.63, 3.8) is 0 Å². The molecule has 0 saturated carbocycles. The van der Waals surface area contributed by atoms with Gasteiger partial charge in [0.15, 0.2) is 0 Å². The molecule has 0 spiro atoms. The number of alkyl halides is 1. The Hall–Kier alpha value is -0.760. The maximum Gasteiger partial charge on any atom is 0.125 e. The number of piperidine rings is 1. The van der Waals surface area contributed by atoms with Gasteiger partial charge in [0.05, 0.1) is 0 Å². The summed E-state index contributed by atoms with van der Waals surface area (Å²) in [6.07, 6.45) is 1.25. The van der Waals surface area contributed by atoms with Crippen LogP contribution in [0.2, 0.25) is 0 Å². The van der Waals surface area contributed by atoms with Gasteiger partial charge in [0, 0.05) is 24.2 Å². The largest absolute Gasteiger partial charge is 0.368 e. The van der Waals surface area contributed by atoms with Gasteiger partial charge in [-0.1, -0.05) is 13.8 Å². The van der Waals surface area contributed by atoms with Crippen molar-refractivity contribution in [2.45, 2.75) is 39.1 Å². The van der Waals surface area contributed by atoms with E-state index in [1.165, 1.54) is 12.5 Å². The van der Waals surface area contributed by atoms with E-state index in [4.69, 9.17) is 11.6 Å². The zero-order chi connectivity index (χ0) is 13.3. The van der Waals surface area contributed by atoms with Crippen LogP contribution >= 0.6 is 11.6 Å². The van der Waals surface area contributed by atoms with Crippen LogP contribution in [-0.4, -0.2) is 12.6 Å². The van der Waals surface area contributed by atoms with E-state index in [9.17, 15) is 4.39 Å². The second-order valence-corrected chi connectivity index (χ2v) is 5.93. The minimum absolute atomic E-state index is 0.193. The fourth-order valence-electron chi connectivity index (χ4n) is 2.93. The van der Waals surface area contributed by atoms with E-state index < -0.39 is 0 Å². The summed E-state index contributed by atoms with van der Waals surface area (Å²) in [5.41, 5.74) is 1.82. The second kappa shape index (κ2) is 5.48. The van der Waals surface area contributed by atoms with Gasteiger partial charge >= 0.3 is 0 Å².